The second-order valence-corrected chi connectivity index (χ2v) is 10.0. The average Bonchev–Trinajstić information content (AvgIpc) is 1.78. The topological polar surface area (TPSA) is 26.3 Å². The Bertz CT molecular complexity index is 167. The van der Waals surface area contributed by atoms with Gasteiger partial charge >= 0.3 is 5.97 Å². The lowest BCUT2D eigenvalue weighted by Gasteiger charge is -2.19. The molecule has 0 fully saturated rings. The summed E-state index contributed by atoms with van der Waals surface area (Å²) in [6.45, 7) is 8.60. The quantitative estimate of drug-likeness (QED) is 0.506. The largest absolute Gasteiger partial charge is 0.467 e. The lowest BCUT2D eigenvalue weighted by molar-refractivity contribution is -0.153. The van der Waals surface area contributed by atoms with Crippen LogP contribution in [0.15, 0.2) is 0 Å². The summed E-state index contributed by atoms with van der Waals surface area (Å²) in [5.41, 5.74) is -1.86. The van der Waals surface area contributed by atoms with Gasteiger partial charge in [-0.2, -0.15) is 0 Å². The summed E-state index contributed by atoms with van der Waals surface area (Å²) in [5.74, 6) is -0.759. The van der Waals surface area contributed by atoms with Crippen LogP contribution in [0.2, 0.25) is 19.6 Å². The Kier molecular flexibility index (Phi) is 3.44. The summed E-state index contributed by atoms with van der Waals surface area (Å²) in [6.07, 6.45) is 0.388. The predicted molar refractivity (Wildman–Crippen MR) is 49.5 cm³/mol. The molecule has 0 amide bonds. The third-order valence-corrected chi connectivity index (χ3v) is 2.13. The van der Waals surface area contributed by atoms with Crippen LogP contribution < -0.4 is 0 Å². The molecule has 0 aromatic heterocycles. The van der Waals surface area contributed by atoms with Crippen molar-refractivity contribution in [2.45, 2.75) is 39.2 Å². The summed E-state index contributed by atoms with van der Waals surface area (Å²) in [6, 6.07) is 0. The number of rotatable bonds is 3. The molecule has 0 aliphatic heterocycles. The van der Waals surface area contributed by atoms with Gasteiger partial charge in [0.05, 0.1) is 14.3 Å². The van der Waals surface area contributed by atoms with Gasteiger partial charge in [0.25, 0.3) is 0 Å². The zero-order valence-corrected chi connectivity index (χ0v) is 9.40. The first kappa shape index (κ1) is 11.6. The van der Waals surface area contributed by atoms with Crippen molar-refractivity contribution in [2.24, 2.45) is 0 Å². The Balaban J connectivity index is 3.90. The van der Waals surface area contributed by atoms with Crippen LogP contribution in [-0.4, -0.2) is 25.9 Å². The molecule has 0 atom stereocenters. The molecule has 2 nitrogen and oxygen atoms in total. The number of halogens is 1. The van der Waals surface area contributed by atoms with Crippen molar-refractivity contribution in [2.75, 3.05) is 6.23 Å². The second kappa shape index (κ2) is 3.56. The molecule has 0 saturated carbocycles. The molecule has 4 heteroatoms. The number of hydrogen-bond acceptors (Lipinski definition) is 2. The van der Waals surface area contributed by atoms with Crippen molar-refractivity contribution in [3.8, 4) is 0 Å². The maximum Gasteiger partial charge on any atom is 0.342 e. The molecular formula is C8H17FO2Si. The molecule has 0 aromatic carbocycles. The molecule has 12 heavy (non-hydrogen) atoms. The van der Waals surface area contributed by atoms with Gasteiger partial charge in [-0.3, -0.25) is 0 Å². The predicted octanol–water partition coefficient (Wildman–Crippen LogP) is 2.16. The molecule has 0 aromatic rings. The van der Waals surface area contributed by atoms with E-state index < -0.39 is 19.7 Å². The lowest BCUT2D eigenvalue weighted by Crippen LogP contribution is -2.35. The van der Waals surface area contributed by atoms with E-state index in [0.29, 0.717) is 6.23 Å². The van der Waals surface area contributed by atoms with Gasteiger partial charge in [0.15, 0.2) is 0 Å². The highest BCUT2D eigenvalue weighted by atomic mass is 28.3. The fourth-order valence-corrected chi connectivity index (χ4v) is 1.02. The summed E-state index contributed by atoms with van der Waals surface area (Å²) < 4.78 is 17.7. The van der Waals surface area contributed by atoms with Crippen LogP contribution >= 0.6 is 0 Å². The number of alkyl halides is 1. The van der Waals surface area contributed by atoms with E-state index in [4.69, 9.17) is 4.74 Å². The van der Waals surface area contributed by atoms with Crippen LogP contribution in [0.1, 0.15) is 13.8 Å². The van der Waals surface area contributed by atoms with E-state index in [0.717, 1.165) is 0 Å². The van der Waals surface area contributed by atoms with Crippen molar-refractivity contribution in [3.63, 3.8) is 0 Å². The molecule has 72 valence electrons. The highest BCUT2D eigenvalue weighted by Gasteiger charge is 2.29. The maximum atomic E-state index is 12.9. The fraction of sp³-hybridized carbons (Fsp3) is 0.875. The molecular weight excluding hydrogens is 175 g/mol. The van der Waals surface area contributed by atoms with E-state index in [9.17, 15) is 9.18 Å². The van der Waals surface area contributed by atoms with Crippen LogP contribution in [0, 0.1) is 0 Å². The molecule has 0 rings (SSSR count). The van der Waals surface area contributed by atoms with Crippen molar-refractivity contribution in [1.29, 1.82) is 0 Å². The molecule has 0 heterocycles. The number of ether oxygens (including phenoxy) is 1. The van der Waals surface area contributed by atoms with Crippen LogP contribution in [0.25, 0.3) is 0 Å². The smallest absolute Gasteiger partial charge is 0.342 e. The highest BCUT2D eigenvalue weighted by molar-refractivity contribution is 6.76. The normalized spacial score (nSPS) is 12.8. The van der Waals surface area contributed by atoms with Crippen molar-refractivity contribution < 1.29 is 13.9 Å². The van der Waals surface area contributed by atoms with Crippen LogP contribution in [-0.2, 0) is 9.53 Å². The highest BCUT2D eigenvalue weighted by Crippen LogP contribution is 2.12. The monoisotopic (exact) mass is 192 g/mol. The maximum absolute atomic E-state index is 12.9. The van der Waals surface area contributed by atoms with E-state index >= 15 is 0 Å². The SMILES string of the molecule is CC(C)(F)C(=O)OC[Si](C)(C)C. The van der Waals surface area contributed by atoms with E-state index in [-0.39, 0.29) is 0 Å². The minimum atomic E-state index is -1.86. The summed E-state index contributed by atoms with van der Waals surface area (Å²) in [4.78, 5) is 10.9. The fourth-order valence-electron chi connectivity index (χ4n) is 0.454. The molecule has 0 radical (unpaired) electrons. The molecule has 0 aliphatic rings. The van der Waals surface area contributed by atoms with Gasteiger partial charge in [-0.05, 0) is 13.8 Å². The average molecular weight is 192 g/mol. The number of esters is 1. The first-order chi connectivity index (χ1) is 5.13. The minimum absolute atomic E-state index is 0.388. The first-order valence-electron chi connectivity index (χ1n) is 3.99. The first-order valence-corrected chi connectivity index (χ1v) is 7.70. The number of carbonyl (C=O) groups excluding carboxylic acids is 1. The molecule has 0 spiro atoms. The Morgan fingerprint density at radius 1 is 1.42 bits per heavy atom. The van der Waals surface area contributed by atoms with Gasteiger partial charge in [-0.1, -0.05) is 19.6 Å². The van der Waals surface area contributed by atoms with Gasteiger partial charge in [0.1, 0.15) is 0 Å². The van der Waals surface area contributed by atoms with E-state index in [1.807, 2.05) is 0 Å². The number of carbonyl (C=O) groups is 1. The molecule has 0 N–H and O–H groups in total. The van der Waals surface area contributed by atoms with Crippen LogP contribution in [0.4, 0.5) is 4.39 Å². The molecule has 0 aliphatic carbocycles. The Morgan fingerprint density at radius 3 is 2.08 bits per heavy atom. The molecule has 0 bridgehead atoms. The van der Waals surface area contributed by atoms with E-state index in [1.165, 1.54) is 13.8 Å². The van der Waals surface area contributed by atoms with Crippen molar-refractivity contribution in [3.05, 3.63) is 0 Å². The van der Waals surface area contributed by atoms with Gasteiger partial charge in [-0.25, -0.2) is 9.18 Å². The summed E-state index contributed by atoms with van der Waals surface area (Å²) in [7, 11) is -1.41. The Morgan fingerprint density at radius 2 is 1.83 bits per heavy atom. The van der Waals surface area contributed by atoms with Gasteiger partial charge in [0, 0.05) is 0 Å². The lowest BCUT2D eigenvalue weighted by atomic mass is 10.2. The zero-order valence-electron chi connectivity index (χ0n) is 8.40. The van der Waals surface area contributed by atoms with E-state index in [1.54, 1.807) is 0 Å². The number of hydrogen-bond donors (Lipinski definition) is 0. The Labute approximate surface area is 74.1 Å². The third kappa shape index (κ3) is 5.29. The van der Waals surface area contributed by atoms with Crippen molar-refractivity contribution >= 4 is 14.0 Å². The zero-order chi connectivity index (χ0) is 9.99. The van der Waals surface area contributed by atoms with Crippen LogP contribution in [0.3, 0.4) is 0 Å². The van der Waals surface area contributed by atoms with Crippen molar-refractivity contribution in [1.82, 2.24) is 0 Å². The van der Waals surface area contributed by atoms with Gasteiger partial charge in [0.2, 0.25) is 5.67 Å². The second-order valence-electron chi connectivity index (χ2n) is 4.61. The minimum Gasteiger partial charge on any atom is -0.467 e. The molecule has 0 unspecified atom stereocenters. The summed E-state index contributed by atoms with van der Waals surface area (Å²) >= 11 is 0. The summed E-state index contributed by atoms with van der Waals surface area (Å²) in [5, 5.41) is 0. The van der Waals surface area contributed by atoms with E-state index in [2.05, 4.69) is 19.6 Å². The third-order valence-electron chi connectivity index (χ3n) is 1.12. The standard InChI is InChI=1S/C8H17FO2Si/c1-8(2,9)7(10)11-6-12(3,4)5/h6H2,1-5H3. The Hall–Kier alpha value is -0.383. The van der Waals surface area contributed by atoms with Crippen LogP contribution in [0.5, 0.6) is 0 Å². The molecule has 0 saturated heterocycles. The van der Waals surface area contributed by atoms with Gasteiger partial charge in [-0.15, -0.1) is 0 Å². The van der Waals surface area contributed by atoms with Gasteiger partial charge < -0.3 is 4.74 Å².